The molecule has 0 aliphatic rings. The van der Waals surface area contributed by atoms with Crippen molar-refractivity contribution >= 4 is 0 Å². The van der Waals surface area contributed by atoms with E-state index in [9.17, 15) is 0 Å². The molecule has 3 nitrogen and oxygen atoms in total. The topological polar surface area (TPSA) is 47.3 Å². The summed E-state index contributed by atoms with van der Waals surface area (Å²) in [6, 6.07) is 9.44. The smallest absolute Gasteiger partial charge is 0.190 e. The van der Waals surface area contributed by atoms with Gasteiger partial charge in [-0.15, -0.1) is 0 Å². The first-order valence-corrected chi connectivity index (χ1v) is 4.77. The Balaban J connectivity index is 2.60. The highest BCUT2D eigenvalue weighted by Crippen LogP contribution is 2.10. The molecule has 0 aliphatic carbocycles. The maximum Gasteiger partial charge on any atom is 0.190 e. The number of para-hydroxylation sites is 1. The van der Waals surface area contributed by atoms with Crippen LogP contribution in [-0.4, -0.2) is 7.05 Å². The van der Waals surface area contributed by atoms with Gasteiger partial charge in [0.15, 0.2) is 5.88 Å². The Labute approximate surface area is 90.2 Å². The number of hydrogen-bond acceptors (Lipinski definition) is 3. The van der Waals surface area contributed by atoms with E-state index in [1.54, 1.807) is 6.08 Å². The molecular weight excluding hydrogens is 188 g/mol. The van der Waals surface area contributed by atoms with Gasteiger partial charge in [-0.05, 0) is 31.2 Å². The molecular formula is C12H16N2O. The lowest BCUT2D eigenvalue weighted by molar-refractivity contribution is 0.420. The molecule has 1 aromatic carbocycles. The second-order valence-corrected chi connectivity index (χ2v) is 3.08. The molecule has 1 rings (SSSR count). The highest BCUT2D eigenvalue weighted by atomic mass is 16.5. The Morgan fingerprint density at radius 2 is 1.93 bits per heavy atom. The van der Waals surface area contributed by atoms with Gasteiger partial charge in [0.1, 0.15) is 5.75 Å². The van der Waals surface area contributed by atoms with E-state index in [4.69, 9.17) is 10.5 Å². The van der Waals surface area contributed by atoms with Gasteiger partial charge in [-0.3, -0.25) is 0 Å². The molecule has 0 radical (unpaired) electrons. The second-order valence-electron chi connectivity index (χ2n) is 3.08. The highest BCUT2D eigenvalue weighted by Gasteiger charge is 1.92. The van der Waals surface area contributed by atoms with Crippen molar-refractivity contribution < 1.29 is 4.74 Å². The highest BCUT2D eigenvalue weighted by molar-refractivity contribution is 5.24. The quantitative estimate of drug-likeness (QED) is 0.582. The predicted molar refractivity (Wildman–Crippen MR) is 62.2 cm³/mol. The van der Waals surface area contributed by atoms with Crippen molar-refractivity contribution in [1.82, 2.24) is 5.32 Å². The van der Waals surface area contributed by atoms with Crippen LogP contribution in [0.5, 0.6) is 5.75 Å². The zero-order chi connectivity index (χ0) is 11.1. The standard InChI is InChI=1S/C12H16N2O/c1-10(14-2)8-9-12(13)15-11-6-4-3-5-7-11/h3-9,14H,13H2,1-2H3/b10-8-,12-9+. The Hall–Kier alpha value is -1.90. The monoisotopic (exact) mass is 204 g/mol. The number of allylic oxidation sites excluding steroid dienone is 3. The minimum atomic E-state index is 0.371. The van der Waals surface area contributed by atoms with Crippen molar-refractivity contribution in [3.8, 4) is 5.75 Å². The SMILES string of the molecule is CN/C(C)=C\C=C(/N)Oc1ccccc1. The summed E-state index contributed by atoms with van der Waals surface area (Å²) in [6.45, 7) is 1.95. The number of rotatable bonds is 4. The van der Waals surface area contributed by atoms with Crippen LogP contribution in [0.25, 0.3) is 0 Å². The van der Waals surface area contributed by atoms with Crippen LogP contribution in [0.1, 0.15) is 6.92 Å². The number of nitrogens with one attached hydrogen (secondary N) is 1. The van der Waals surface area contributed by atoms with Gasteiger partial charge in [-0.25, -0.2) is 0 Å². The molecule has 0 atom stereocenters. The Kier molecular flexibility index (Phi) is 4.29. The van der Waals surface area contributed by atoms with E-state index in [2.05, 4.69) is 5.32 Å². The van der Waals surface area contributed by atoms with Crippen LogP contribution >= 0.6 is 0 Å². The van der Waals surface area contributed by atoms with Crippen LogP contribution in [-0.2, 0) is 0 Å². The number of benzene rings is 1. The molecule has 0 bridgehead atoms. The minimum Gasteiger partial charge on any atom is -0.442 e. The maximum atomic E-state index is 5.68. The van der Waals surface area contributed by atoms with Gasteiger partial charge < -0.3 is 15.8 Å². The third-order valence-electron chi connectivity index (χ3n) is 1.87. The lowest BCUT2D eigenvalue weighted by Gasteiger charge is -2.04. The van der Waals surface area contributed by atoms with Gasteiger partial charge >= 0.3 is 0 Å². The first-order chi connectivity index (χ1) is 7.22. The van der Waals surface area contributed by atoms with Gasteiger partial charge in [-0.2, -0.15) is 0 Å². The van der Waals surface area contributed by atoms with E-state index >= 15 is 0 Å². The molecule has 1 aromatic rings. The molecule has 0 fully saturated rings. The predicted octanol–water partition coefficient (Wildman–Crippen LogP) is 1.99. The van der Waals surface area contributed by atoms with E-state index in [-0.39, 0.29) is 0 Å². The van der Waals surface area contributed by atoms with Gasteiger partial charge in [-0.1, -0.05) is 18.2 Å². The van der Waals surface area contributed by atoms with Crippen molar-refractivity contribution in [1.29, 1.82) is 0 Å². The molecule has 0 heterocycles. The normalized spacial score (nSPS) is 12.4. The molecule has 0 spiro atoms. The molecule has 15 heavy (non-hydrogen) atoms. The van der Waals surface area contributed by atoms with Crippen molar-refractivity contribution in [3.63, 3.8) is 0 Å². The van der Waals surface area contributed by atoms with Crippen molar-refractivity contribution in [2.75, 3.05) is 7.05 Å². The molecule has 0 aromatic heterocycles. The lowest BCUT2D eigenvalue weighted by atomic mass is 10.3. The first kappa shape index (κ1) is 11.2. The first-order valence-electron chi connectivity index (χ1n) is 4.77. The molecule has 3 N–H and O–H groups in total. The van der Waals surface area contributed by atoms with Crippen LogP contribution in [0.2, 0.25) is 0 Å². The number of nitrogens with two attached hydrogens (primary N) is 1. The second kappa shape index (κ2) is 5.75. The summed E-state index contributed by atoms with van der Waals surface area (Å²) in [4.78, 5) is 0. The summed E-state index contributed by atoms with van der Waals surface area (Å²) in [6.07, 6.45) is 3.58. The molecule has 0 unspecified atom stereocenters. The fraction of sp³-hybridized carbons (Fsp3) is 0.167. The van der Waals surface area contributed by atoms with Gasteiger partial charge in [0.2, 0.25) is 0 Å². The van der Waals surface area contributed by atoms with E-state index < -0.39 is 0 Å². The van der Waals surface area contributed by atoms with E-state index in [1.807, 2.05) is 50.4 Å². The summed E-state index contributed by atoms with van der Waals surface area (Å²) in [5, 5.41) is 2.99. The zero-order valence-corrected chi connectivity index (χ0v) is 9.03. The van der Waals surface area contributed by atoms with Gasteiger partial charge in [0.25, 0.3) is 0 Å². The molecule has 0 saturated carbocycles. The Bertz CT molecular complexity index is 355. The number of hydrogen-bond donors (Lipinski definition) is 2. The summed E-state index contributed by atoms with van der Waals surface area (Å²) >= 11 is 0. The molecule has 0 aliphatic heterocycles. The fourth-order valence-electron chi connectivity index (χ4n) is 0.949. The Morgan fingerprint density at radius 3 is 2.53 bits per heavy atom. The van der Waals surface area contributed by atoms with Crippen LogP contribution in [0.4, 0.5) is 0 Å². The van der Waals surface area contributed by atoms with Crippen LogP contribution in [0, 0.1) is 0 Å². The van der Waals surface area contributed by atoms with Crippen molar-refractivity contribution in [2.24, 2.45) is 5.73 Å². The average Bonchev–Trinajstić information content (AvgIpc) is 2.27. The minimum absolute atomic E-state index is 0.371. The maximum absolute atomic E-state index is 5.68. The van der Waals surface area contributed by atoms with Gasteiger partial charge in [0.05, 0.1) is 0 Å². The molecule has 80 valence electrons. The fourth-order valence-corrected chi connectivity index (χ4v) is 0.949. The van der Waals surface area contributed by atoms with Gasteiger partial charge in [0, 0.05) is 12.7 Å². The summed E-state index contributed by atoms with van der Waals surface area (Å²) < 4.78 is 5.38. The van der Waals surface area contributed by atoms with Crippen LogP contribution < -0.4 is 15.8 Å². The Morgan fingerprint density at radius 1 is 1.27 bits per heavy atom. The van der Waals surface area contributed by atoms with Crippen LogP contribution in [0.15, 0.2) is 54.1 Å². The summed E-state index contributed by atoms with van der Waals surface area (Å²) in [5.41, 5.74) is 6.70. The van der Waals surface area contributed by atoms with E-state index in [0.29, 0.717) is 5.88 Å². The molecule has 0 amide bonds. The largest absolute Gasteiger partial charge is 0.442 e. The third kappa shape index (κ3) is 4.22. The average molecular weight is 204 g/mol. The summed E-state index contributed by atoms with van der Waals surface area (Å²) in [7, 11) is 1.86. The molecule has 3 heteroatoms. The third-order valence-corrected chi connectivity index (χ3v) is 1.87. The summed E-state index contributed by atoms with van der Waals surface area (Å²) in [5.74, 6) is 1.11. The lowest BCUT2D eigenvalue weighted by Crippen LogP contribution is -2.06. The van der Waals surface area contributed by atoms with E-state index in [1.165, 1.54) is 0 Å². The van der Waals surface area contributed by atoms with Crippen LogP contribution in [0.3, 0.4) is 0 Å². The molecule has 0 saturated heterocycles. The van der Waals surface area contributed by atoms with E-state index in [0.717, 1.165) is 11.4 Å². The number of ether oxygens (including phenoxy) is 1. The zero-order valence-electron chi connectivity index (χ0n) is 9.03. The van der Waals surface area contributed by atoms with Crippen molar-refractivity contribution in [2.45, 2.75) is 6.92 Å². The van der Waals surface area contributed by atoms with Crippen molar-refractivity contribution in [3.05, 3.63) is 54.1 Å².